The molecule has 0 unspecified atom stereocenters. The molecule has 0 N–H and O–H groups in total. The highest BCUT2D eigenvalue weighted by Crippen LogP contribution is 2.50. The van der Waals surface area contributed by atoms with Gasteiger partial charge < -0.3 is 9.47 Å². The van der Waals surface area contributed by atoms with Crippen LogP contribution in [0, 0.1) is 63.6 Å². The molecular formula is C21H10F10O4. The maximum absolute atomic E-state index is 13.9. The lowest BCUT2D eigenvalue weighted by Gasteiger charge is -2.18. The number of esters is 2. The van der Waals surface area contributed by atoms with Crippen LogP contribution in [0.3, 0.4) is 0 Å². The van der Waals surface area contributed by atoms with Gasteiger partial charge in [-0.15, -0.1) is 0 Å². The molecule has 2 aromatic rings. The van der Waals surface area contributed by atoms with Crippen LogP contribution >= 0.6 is 0 Å². The maximum Gasteiger partial charge on any atom is 0.337 e. The standard InChI is InChI=1S/C21H10F10O4/c1-2-3-4-6-5-21(6,19(32)34-17-13(28)9(24)7(22)10(25)14(17)29)20(33)35-18-15(30)11(26)8(23)12(27)16(18)31/h5H,2-4H2,1H3. The minimum Gasteiger partial charge on any atom is -0.419 e. The van der Waals surface area contributed by atoms with Gasteiger partial charge in [0.25, 0.3) is 0 Å². The number of halogens is 10. The molecule has 0 saturated carbocycles. The van der Waals surface area contributed by atoms with E-state index in [9.17, 15) is 53.5 Å². The Morgan fingerprint density at radius 3 is 1.26 bits per heavy atom. The van der Waals surface area contributed by atoms with Crippen LogP contribution in [-0.4, -0.2) is 11.9 Å². The second-order valence-corrected chi connectivity index (χ2v) is 7.16. The SMILES string of the molecule is CCCCC1=CC1(C(=O)Oc1c(F)c(F)c(F)c(F)c1F)C(=O)Oc1c(F)c(F)c(F)c(F)c1F. The van der Waals surface area contributed by atoms with E-state index in [1.807, 2.05) is 0 Å². The van der Waals surface area contributed by atoms with Crippen molar-refractivity contribution in [1.29, 1.82) is 0 Å². The zero-order valence-corrected chi connectivity index (χ0v) is 17.1. The highest BCUT2D eigenvalue weighted by Gasteiger charge is 2.61. The molecule has 1 aliphatic rings. The van der Waals surface area contributed by atoms with Crippen LogP contribution < -0.4 is 9.47 Å². The van der Waals surface area contributed by atoms with Crippen LogP contribution in [0.25, 0.3) is 0 Å². The van der Waals surface area contributed by atoms with Crippen molar-refractivity contribution in [2.75, 3.05) is 0 Å². The highest BCUT2D eigenvalue weighted by atomic mass is 19.2. The molecule has 188 valence electrons. The lowest BCUT2D eigenvalue weighted by molar-refractivity contribution is -0.152. The Balaban J connectivity index is 2.01. The van der Waals surface area contributed by atoms with Crippen LogP contribution in [0.4, 0.5) is 43.9 Å². The van der Waals surface area contributed by atoms with Gasteiger partial charge in [0.2, 0.25) is 75.1 Å². The Kier molecular flexibility index (Phi) is 6.86. The molecule has 0 aromatic heterocycles. The molecule has 0 aliphatic heterocycles. The molecule has 4 nitrogen and oxygen atoms in total. The third-order valence-corrected chi connectivity index (χ3v) is 4.99. The predicted molar refractivity (Wildman–Crippen MR) is 93.8 cm³/mol. The normalized spacial score (nSPS) is 14.0. The van der Waals surface area contributed by atoms with E-state index in [1.165, 1.54) is 0 Å². The summed E-state index contributed by atoms with van der Waals surface area (Å²) in [7, 11) is 0. The van der Waals surface area contributed by atoms with Crippen molar-refractivity contribution in [1.82, 2.24) is 0 Å². The van der Waals surface area contributed by atoms with E-state index in [1.54, 1.807) is 6.92 Å². The Labute approximate surface area is 188 Å². The van der Waals surface area contributed by atoms with E-state index in [4.69, 9.17) is 0 Å². The molecule has 0 heterocycles. The highest BCUT2D eigenvalue weighted by molar-refractivity contribution is 6.12. The number of carbonyl (C=O) groups excluding carboxylic acids is 2. The average molecular weight is 516 g/mol. The maximum atomic E-state index is 13.9. The Bertz CT molecular complexity index is 1150. The largest absolute Gasteiger partial charge is 0.419 e. The zero-order valence-electron chi connectivity index (χ0n) is 17.1. The number of ether oxygens (including phenoxy) is 2. The summed E-state index contributed by atoms with van der Waals surface area (Å²) in [5.41, 5.74) is -3.02. The van der Waals surface area contributed by atoms with Crippen molar-refractivity contribution in [2.45, 2.75) is 26.2 Å². The fourth-order valence-corrected chi connectivity index (χ4v) is 3.02. The smallest absolute Gasteiger partial charge is 0.337 e. The number of benzene rings is 2. The van der Waals surface area contributed by atoms with Crippen LogP contribution in [0.5, 0.6) is 11.5 Å². The second kappa shape index (κ2) is 9.23. The van der Waals surface area contributed by atoms with Gasteiger partial charge in [0, 0.05) is 0 Å². The summed E-state index contributed by atoms with van der Waals surface area (Å²) >= 11 is 0. The van der Waals surface area contributed by atoms with E-state index in [2.05, 4.69) is 9.47 Å². The van der Waals surface area contributed by atoms with Crippen molar-refractivity contribution >= 4 is 11.9 Å². The molecule has 0 radical (unpaired) electrons. The Hall–Kier alpha value is -3.58. The fraction of sp³-hybridized carbons (Fsp3) is 0.238. The van der Waals surface area contributed by atoms with Gasteiger partial charge >= 0.3 is 11.9 Å². The number of rotatable bonds is 7. The van der Waals surface area contributed by atoms with Gasteiger partial charge in [-0.1, -0.05) is 19.4 Å². The van der Waals surface area contributed by atoms with Crippen molar-refractivity contribution < 1.29 is 63.0 Å². The van der Waals surface area contributed by atoms with Gasteiger partial charge in [0.05, 0.1) is 0 Å². The first-order valence-electron chi connectivity index (χ1n) is 9.50. The fourth-order valence-electron chi connectivity index (χ4n) is 3.02. The summed E-state index contributed by atoms with van der Waals surface area (Å²) in [4.78, 5) is 25.3. The van der Waals surface area contributed by atoms with Crippen molar-refractivity contribution in [3.05, 3.63) is 69.8 Å². The third-order valence-electron chi connectivity index (χ3n) is 4.99. The van der Waals surface area contributed by atoms with Gasteiger partial charge in [0.15, 0.2) is 0 Å². The molecular weight excluding hydrogens is 506 g/mol. The van der Waals surface area contributed by atoms with Gasteiger partial charge in [-0.05, 0) is 18.4 Å². The van der Waals surface area contributed by atoms with Crippen molar-refractivity contribution in [3.8, 4) is 11.5 Å². The van der Waals surface area contributed by atoms with E-state index in [0.29, 0.717) is 6.42 Å². The summed E-state index contributed by atoms with van der Waals surface area (Å²) in [6.45, 7) is 1.66. The molecule has 14 heteroatoms. The van der Waals surface area contributed by atoms with Gasteiger partial charge in [-0.3, -0.25) is 0 Å². The van der Waals surface area contributed by atoms with Crippen LogP contribution in [0.15, 0.2) is 11.6 Å². The predicted octanol–water partition coefficient (Wildman–Crippen LogP) is 5.71. The van der Waals surface area contributed by atoms with Gasteiger partial charge in [-0.25, -0.2) is 35.9 Å². The lowest BCUT2D eigenvalue weighted by Crippen LogP contribution is -2.37. The molecule has 0 saturated heterocycles. The summed E-state index contributed by atoms with van der Waals surface area (Å²) in [5.74, 6) is -33.6. The monoisotopic (exact) mass is 516 g/mol. The molecule has 0 amide bonds. The lowest BCUT2D eigenvalue weighted by atomic mass is 9.97. The summed E-state index contributed by atoms with van der Waals surface area (Å²) in [5, 5.41) is 0. The minimum absolute atomic E-state index is 0.116. The minimum atomic E-state index is -2.80. The van der Waals surface area contributed by atoms with Gasteiger partial charge in [0.1, 0.15) is 0 Å². The Morgan fingerprint density at radius 1 is 0.629 bits per heavy atom. The van der Waals surface area contributed by atoms with Crippen LogP contribution in [0.2, 0.25) is 0 Å². The quantitative estimate of drug-likeness (QED) is 0.0901. The number of hydrogen-bond donors (Lipinski definition) is 0. The molecule has 2 aromatic carbocycles. The third kappa shape index (κ3) is 4.10. The number of carbonyl (C=O) groups is 2. The van der Waals surface area contributed by atoms with Crippen molar-refractivity contribution in [3.63, 3.8) is 0 Å². The van der Waals surface area contributed by atoms with E-state index < -0.39 is 87.0 Å². The second-order valence-electron chi connectivity index (χ2n) is 7.16. The molecule has 0 spiro atoms. The van der Waals surface area contributed by atoms with E-state index in [0.717, 1.165) is 6.08 Å². The Morgan fingerprint density at radius 2 is 0.943 bits per heavy atom. The summed E-state index contributed by atoms with van der Waals surface area (Å²) in [6.07, 6.45) is 1.33. The van der Waals surface area contributed by atoms with E-state index >= 15 is 0 Å². The zero-order chi connectivity index (χ0) is 26.4. The summed E-state index contributed by atoms with van der Waals surface area (Å²) < 4.78 is 144. The first-order valence-corrected chi connectivity index (χ1v) is 9.50. The molecule has 0 atom stereocenters. The van der Waals surface area contributed by atoms with Crippen molar-refractivity contribution in [2.24, 2.45) is 5.41 Å². The number of hydrogen-bond acceptors (Lipinski definition) is 4. The van der Waals surface area contributed by atoms with Gasteiger partial charge in [-0.2, -0.15) is 17.6 Å². The van der Waals surface area contributed by atoms with Crippen LogP contribution in [0.1, 0.15) is 26.2 Å². The number of unbranched alkanes of at least 4 members (excludes halogenated alkanes) is 1. The molecule has 1 aliphatic carbocycles. The molecule has 35 heavy (non-hydrogen) atoms. The van der Waals surface area contributed by atoms with E-state index in [-0.39, 0.29) is 18.4 Å². The topological polar surface area (TPSA) is 52.6 Å². The first-order chi connectivity index (χ1) is 16.3. The molecule has 3 rings (SSSR count). The molecule has 0 fully saturated rings. The average Bonchev–Trinajstić information content (AvgIpc) is 3.58. The summed E-state index contributed by atoms with van der Waals surface area (Å²) in [6, 6.07) is 0. The first kappa shape index (κ1) is 26.0. The van der Waals surface area contributed by atoms with Crippen LogP contribution in [-0.2, 0) is 9.59 Å². The molecule has 0 bridgehead atoms.